The van der Waals surface area contributed by atoms with Gasteiger partial charge in [-0.15, -0.1) is 6.58 Å². The van der Waals surface area contributed by atoms with Crippen LogP contribution in [0.15, 0.2) is 97.6 Å². The van der Waals surface area contributed by atoms with Gasteiger partial charge in [-0.25, -0.2) is 0 Å². The lowest BCUT2D eigenvalue weighted by molar-refractivity contribution is 0.414. The van der Waals surface area contributed by atoms with E-state index in [1.54, 1.807) is 7.11 Å². The molecule has 0 saturated carbocycles. The van der Waals surface area contributed by atoms with Crippen LogP contribution in [0.1, 0.15) is 22.6 Å². The Kier molecular flexibility index (Phi) is 5.69. The van der Waals surface area contributed by atoms with Gasteiger partial charge < -0.3 is 4.74 Å². The molecule has 0 heterocycles. The van der Waals surface area contributed by atoms with Gasteiger partial charge in [0.05, 0.1) is 7.11 Å². The predicted molar refractivity (Wildman–Crippen MR) is 105 cm³/mol. The minimum Gasteiger partial charge on any atom is -0.497 e. The first-order chi connectivity index (χ1) is 12.3. The van der Waals surface area contributed by atoms with E-state index in [4.69, 9.17) is 4.74 Å². The van der Waals surface area contributed by atoms with Crippen molar-refractivity contribution in [2.45, 2.75) is 12.3 Å². The Bertz CT molecular complexity index is 736. The lowest BCUT2D eigenvalue weighted by atomic mass is 9.78. The van der Waals surface area contributed by atoms with Crippen LogP contribution in [0.25, 0.3) is 0 Å². The number of hydrogen-bond acceptors (Lipinski definition) is 1. The van der Waals surface area contributed by atoms with Crippen molar-refractivity contribution >= 4 is 0 Å². The smallest absolute Gasteiger partial charge is 0.118 e. The summed E-state index contributed by atoms with van der Waals surface area (Å²) in [6, 6.07) is 29.7. The van der Waals surface area contributed by atoms with E-state index in [2.05, 4.69) is 85.5 Å². The zero-order valence-electron chi connectivity index (χ0n) is 14.6. The summed E-state index contributed by atoms with van der Waals surface area (Å²) in [4.78, 5) is 0. The fraction of sp³-hybridized carbons (Fsp3) is 0.167. The third kappa shape index (κ3) is 4.19. The lowest BCUT2D eigenvalue weighted by Gasteiger charge is -2.26. The van der Waals surface area contributed by atoms with Crippen molar-refractivity contribution in [2.24, 2.45) is 5.92 Å². The van der Waals surface area contributed by atoms with Crippen LogP contribution in [0.4, 0.5) is 0 Å². The molecule has 1 atom stereocenters. The van der Waals surface area contributed by atoms with Gasteiger partial charge in [0.25, 0.3) is 0 Å². The second-order valence-corrected chi connectivity index (χ2v) is 6.25. The summed E-state index contributed by atoms with van der Waals surface area (Å²) in [5, 5.41) is 0. The number of ether oxygens (including phenoxy) is 1. The Morgan fingerprint density at radius 2 is 1.32 bits per heavy atom. The first kappa shape index (κ1) is 17.0. The third-order valence-electron chi connectivity index (χ3n) is 4.68. The van der Waals surface area contributed by atoms with Crippen LogP contribution in [0, 0.1) is 5.92 Å². The molecule has 1 nitrogen and oxygen atoms in total. The quantitative estimate of drug-likeness (QED) is 0.493. The fourth-order valence-electron chi connectivity index (χ4n) is 3.38. The second kappa shape index (κ2) is 8.34. The molecule has 3 aromatic carbocycles. The van der Waals surface area contributed by atoms with Gasteiger partial charge in [-0.1, -0.05) is 78.9 Å². The number of rotatable bonds is 7. The summed E-state index contributed by atoms with van der Waals surface area (Å²) < 4.78 is 5.27. The summed E-state index contributed by atoms with van der Waals surface area (Å²) in [7, 11) is 1.70. The average molecular weight is 328 g/mol. The molecule has 0 aliphatic carbocycles. The average Bonchev–Trinajstić information content (AvgIpc) is 2.69. The minimum atomic E-state index is 0.294. The molecule has 0 saturated heterocycles. The second-order valence-electron chi connectivity index (χ2n) is 6.25. The topological polar surface area (TPSA) is 9.23 Å². The van der Waals surface area contributed by atoms with E-state index in [1.807, 2.05) is 12.1 Å². The van der Waals surface area contributed by atoms with Crippen LogP contribution < -0.4 is 4.74 Å². The van der Waals surface area contributed by atoms with E-state index in [9.17, 15) is 0 Å². The number of benzene rings is 3. The van der Waals surface area contributed by atoms with Crippen LogP contribution in [0.5, 0.6) is 5.75 Å². The van der Waals surface area contributed by atoms with Gasteiger partial charge in [0.1, 0.15) is 5.75 Å². The third-order valence-corrected chi connectivity index (χ3v) is 4.68. The summed E-state index contributed by atoms with van der Waals surface area (Å²) in [5.41, 5.74) is 3.95. The van der Waals surface area contributed by atoms with E-state index in [-0.39, 0.29) is 0 Å². The summed E-state index contributed by atoms with van der Waals surface area (Å²) >= 11 is 0. The highest BCUT2D eigenvalue weighted by Gasteiger charge is 2.22. The van der Waals surface area contributed by atoms with Crippen LogP contribution in [0.3, 0.4) is 0 Å². The van der Waals surface area contributed by atoms with Gasteiger partial charge in [0.15, 0.2) is 0 Å². The lowest BCUT2D eigenvalue weighted by Crippen LogP contribution is -2.15. The van der Waals surface area contributed by atoms with Gasteiger partial charge >= 0.3 is 0 Å². The highest BCUT2D eigenvalue weighted by molar-refractivity contribution is 5.36. The van der Waals surface area contributed by atoms with Crippen molar-refractivity contribution in [3.63, 3.8) is 0 Å². The van der Waals surface area contributed by atoms with E-state index in [0.717, 1.165) is 12.2 Å². The molecular weight excluding hydrogens is 304 g/mol. The molecule has 1 heteroatoms. The van der Waals surface area contributed by atoms with Gasteiger partial charge in [-0.3, -0.25) is 0 Å². The maximum atomic E-state index is 5.27. The van der Waals surface area contributed by atoms with Crippen LogP contribution >= 0.6 is 0 Å². The van der Waals surface area contributed by atoms with Gasteiger partial charge in [0.2, 0.25) is 0 Å². The van der Waals surface area contributed by atoms with Crippen molar-refractivity contribution in [3.8, 4) is 5.75 Å². The Morgan fingerprint density at radius 3 is 1.76 bits per heavy atom. The predicted octanol–water partition coefficient (Wildman–Crippen LogP) is 5.87. The molecule has 0 spiro atoms. The molecule has 3 rings (SSSR count). The highest BCUT2D eigenvalue weighted by Crippen LogP contribution is 2.35. The van der Waals surface area contributed by atoms with Crippen molar-refractivity contribution in [2.75, 3.05) is 7.11 Å². The van der Waals surface area contributed by atoms with E-state index in [1.165, 1.54) is 16.7 Å². The van der Waals surface area contributed by atoms with Crippen molar-refractivity contribution in [1.82, 2.24) is 0 Å². The normalized spacial score (nSPS) is 11.9. The minimum absolute atomic E-state index is 0.294. The molecule has 0 aliphatic rings. The molecule has 0 radical (unpaired) electrons. The number of methoxy groups -OCH3 is 1. The Balaban J connectivity index is 1.93. The molecule has 1 unspecified atom stereocenters. The monoisotopic (exact) mass is 328 g/mol. The molecule has 0 fully saturated rings. The largest absolute Gasteiger partial charge is 0.497 e. The summed E-state index contributed by atoms with van der Waals surface area (Å²) in [6.45, 7) is 4.14. The van der Waals surface area contributed by atoms with Crippen LogP contribution in [-0.2, 0) is 6.42 Å². The molecule has 0 amide bonds. The van der Waals surface area contributed by atoms with Gasteiger partial charge in [-0.2, -0.15) is 0 Å². The molecule has 25 heavy (non-hydrogen) atoms. The molecule has 0 N–H and O–H groups in total. The first-order valence-corrected chi connectivity index (χ1v) is 8.67. The van der Waals surface area contributed by atoms with Crippen LogP contribution in [-0.4, -0.2) is 7.11 Å². The number of allylic oxidation sites excluding steroid dienone is 1. The Hall–Kier alpha value is -2.80. The fourth-order valence-corrected chi connectivity index (χ4v) is 3.38. The van der Waals surface area contributed by atoms with Crippen molar-refractivity contribution in [1.29, 1.82) is 0 Å². The maximum absolute atomic E-state index is 5.27. The van der Waals surface area contributed by atoms with Gasteiger partial charge in [0, 0.05) is 5.92 Å². The summed E-state index contributed by atoms with van der Waals surface area (Å²) in [6.07, 6.45) is 3.04. The highest BCUT2D eigenvalue weighted by atomic mass is 16.5. The van der Waals surface area contributed by atoms with Crippen molar-refractivity contribution in [3.05, 3.63) is 114 Å². The summed E-state index contributed by atoms with van der Waals surface area (Å²) in [5.74, 6) is 1.50. The van der Waals surface area contributed by atoms with Crippen LogP contribution in [0.2, 0.25) is 0 Å². The van der Waals surface area contributed by atoms with Gasteiger partial charge in [-0.05, 0) is 41.2 Å². The Morgan fingerprint density at radius 1 is 0.800 bits per heavy atom. The molecule has 0 aliphatic heterocycles. The molecule has 0 bridgehead atoms. The van der Waals surface area contributed by atoms with E-state index >= 15 is 0 Å². The Labute approximate surface area is 150 Å². The molecule has 3 aromatic rings. The SMILES string of the molecule is C=CC(Cc1ccc(OC)cc1)C(c1ccccc1)c1ccccc1. The van der Waals surface area contributed by atoms with E-state index in [0.29, 0.717) is 11.8 Å². The van der Waals surface area contributed by atoms with Crippen molar-refractivity contribution < 1.29 is 4.74 Å². The maximum Gasteiger partial charge on any atom is 0.118 e. The standard InChI is InChI=1S/C24H24O/c1-3-20(18-19-14-16-23(25-2)17-15-19)24(21-10-6-4-7-11-21)22-12-8-5-9-13-22/h3-17,20,24H,1,18H2,2H3. The molecule has 126 valence electrons. The zero-order valence-corrected chi connectivity index (χ0v) is 14.6. The molecular formula is C24H24O. The zero-order chi connectivity index (χ0) is 17.5. The van der Waals surface area contributed by atoms with E-state index < -0.39 is 0 Å². The number of hydrogen-bond donors (Lipinski definition) is 0. The first-order valence-electron chi connectivity index (χ1n) is 8.67. The molecule has 0 aromatic heterocycles.